The molecule has 0 radical (unpaired) electrons. The van der Waals surface area contributed by atoms with Gasteiger partial charge in [0.25, 0.3) is 0 Å². The second kappa shape index (κ2) is 6.48. The summed E-state index contributed by atoms with van der Waals surface area (Å²) in [5, 5.41) is 4.12. The largest absolute Gasteiger partial charge is 0.314 e. The molecule has 6 heteroatoms. The van der Waals surface area contributed by atoms with Gasteiger partial charge in [0.2, 0.25) is 10.0 Å². The molecule has 22 heavy (non-hydrogen) atoms. The van der Waals surface area contributed by atoms with E-state index in [0.717, 1.165) is 19.4 Å². The van der Waals surface area contributed by atoms with Crippen molar-refractivity contribution in [3.63, 3.8) is 0 Å². The third-order valence-electron chi connectivity index (χ3n) is 4.92. The maximum absolute atomic E-state index is 12.8. The summed E-state index contributed by atoms with van der Waals surface area (Å²) in [4.78, 5) is 0.384. The first-order valence-corrected chi connectivity index (χ1v) is 9.80. The lowest BCUT2D eigenvalue weighted by atomic mass is 9.89. The second-order valence-electron chi connectivity index (χ2n) is 6.35. The van der Waals surface area contributed by atoms with Crippen molar-refractivity contribution in [2.45, 2.75) is 43.5 Å². The predicted molar refractivity (Wildman–Crippen MR) is 88.7 cm³/mol. The fourth-order valence-corrected chi connectivity index (χ4v) is 5.58. The zero-order chi connectivity index (χ0) is 15.7. The lowest BCUT2D eigenvalue weighted by Gasteiger charge is -2.34. The number of hydrogen-bond acceptors (Lipinski definition) is 3. The van der Waals surface area contributed by atoms with Crippen molar-refractivity contribution in [1.82, 2.24) is 9.62 Å². The molecule has 1 atom stereocenters. The van der Waals surface area contributed by atoms with Gasteiger partial charge in [-0.1, -0.05) is 11.6 Å². The molecular formula is C16H23ClN2O2S. The Bertz CT molecular complexity index is 634. The van der Waals surface area contributed by atoms with E-state index in [4.69, 9.17) is 11.6 Å². The lowest BCUT2D eigenvalue weighted by molar-refractivity contribution is 0.234. The molecule has 0 saturated carbocycles. The molecule has 0 spiro atoms. The molecule has 2 heterocycles. The van der Waals surface area contributed by atoms with E-state index < -0.39 is 10.0 Å². The number of piperidine rings is 1. The molecule has 0 bridgehead atoms. The highest BCUT2D eigenvalue weighted by molar-refractivity contribution is 7.89. The minimum Gasteiger partial charge on any atom is -0.314 e. The normalized spacial score (nSPS) is 24.7. The predicted octanol–water partition coefficient (Wildman–Crippen LogP) is 2.80. The topological polar surface area (TPSA) is 49.4 Å². The van der Waals surface area contributed by atoms with Gasteiger partial charge in [0.15, 0.2) is 0 Å². The molecule has 122 valence electrons. The van der Waals surface area contributed by atoms with Gasteiger partial charge >= 0.3 is 0 Å². The van der Waals surface area contributed by atoms with Gasteiger partial charge in [-0.3, -0.25) is 0 Å². The van der Waals surface area contributed by atoms with E-state index in [1.807, 2.05) is 0 Å². The maximum Gasteiger partial charge on any atom is 0.243 e. The Balaban J connectivity index is 1.71. The van der Waals surface area contributed by atoms with Crippen LogP contribution in [0.3, 0.4) is 0 Å². The van der Waals surface area contributed by atoms with Crippen LogP contribution in [-0.4, -0.2) is 38.4 Å². The fourth-order valence-electron chi connectivity index (χ4n) is 3.67. The highest BCUT2D eigenvalue weighted by Crippen LogP contribution is 2.30. The first-order valence-electron chi connectivity index (χ1n) is 7.98. The molecule has 1 aromatic carbocycles. The Hall–Kier alpha value is -0.620. The van der Waals surface area contributed by atoms with Crippen molar-refractivity contribution in [2.75, 3.05) is 19.6 Å². The molecule has 3 rings (SSSR count). The number of nitrogens with one attached hydrogen (secondary N) is 1. The number of benzene rings is 1. The Morgan fingerprint density at radius 1 is 1.23 bits per heavy atom. The molecular weight excluding hydrogens is 320 g/mol. The lowest BCUT2D eigenvalue weighted by Crippen LogP contribution is -2.43. The molecule has 2 fully saturated rings. The molecule has 1 aromatic rings. The summed E-state index contributed by atoms with van der Waals surface area (Å²) in [5.74, 6) is 0.611. The van der Waals surface area contributed by atoms with E-state index in [-0.39, 0.29) is 0 Å². The smallest absolute Gasteiger partial charge is 0.243 e. The van der Waals surface area contributed by atoms with Crippen molar-refractivity contribution in [3.8, 4) is 0 Å². The molecule has 0 aliphatic carbocycles. The summed E-state index contributed by atoms with van der Waals surface area (Å²) in [6.45, 7) is 4.14. The highest BCUT2D eigenvalue weighted by Gasteiger charge is 2.33. The molecule has 0 amide bonds. The van der Waals surface area contributed by atoms with Crippen molar-refractivity contribution >= 4 is 21.6 Å². The van der Waals surface area contributed by atoms with Gasteiger partial charge in [-0.05, 0) is 68.8 Å². The summed E-state index contributed by atoms with van der Waals surface area (Å²) >= 11 is 5.93. The molecule has 4 nitrogen and oxygen atoms in total. The van der Waals surface area contributed by atoms with Crippen LogP contribution in [0, 0.1) is 12.8 Å². The summed E-state index contributed by atoms with van der Waals surface area (Å²) in [6.07, 6.45) is 4.37. The number of rotatable bonds is 3. The van der Waals surface area contributed by atoms with Gasteiger partial charge in [-0.15, -0.1) is 0 Å². The van der Waals surface area contributed by atoms with Crippen LogP contribution in [0.15, 0.2) is 23.1 Å². The van der Waals surface area contributed by atoms with Crippen LogP contribution in [0.2, 0.25) is 5.02 Å². The van der Waals surface area contributed by atoms with Crippen LogP contribution in [0.25, 0.3) is 0 Å². The molecule has 2 saturated heterocycles. The number of sulfonamides is 1. The third-order valence-corrected chi connectivity index (χ3v) is 7.21. The standard InChI is InChI=1S/C16H23ClN2O2S/c1-12-11-14(17)4-5-16(12)22(20,21)19-9-6-13(7-10-19)15-3-2-8-18-15/h4-5,11,13,15,18H,2-3,6-10H2,1H3. The van der Waals surface area contributed by atoms with Crippen LogP contribution in [0.4, 0.5) is 0 Å². The fraction of sp³-hybridized carbons (Fsp3) is 0.625. The van der Waals surface area contributed by atoms with E-state index in [2.05, 4.69) is 5.32 Å². The Labute approximate surface area is 137 Å². The first-order chi connectivity index (χ1) is 10.5. The maximum atomic E-state index is 12.8. The van der Waals surface area contributed by atoms with Crippen LogP contribution < -0.4 is 5.32 Å². The zero-order valence-corrected chi connectivity index (χ0v) is 14.5. The average Bonchev–Trinajstić information content (AvgIpc) is 3.01. The quantitative estimate of drug-likeness (QED) is 0.919. The van der Waals surface area contributed by atoms with Crippen LogP contribution in [0.1, 0.15) is 31.2 Å². The van der Waals surface area contributed by atoms with Crippen LogP contribution >= 0.6 is 11.6 Å². The summed E-state index contributed by atoms with van der Waals surface area (Å²) in [7, 11) is -3.40. The minimum atomic E-state index is -3.40. The Kier molecular flexibility index (Phi) is 4.78. The monoisotopic (exact) mass is 342 g/mol. The average molecular weight is 343 g/mol. The molecule has 0 aromatic heterocycles. The first kappa shape index (κ1) is 16.2. The molecule has 1 N–H and O–H groups in total. The molecule has 2 aliphatic rings. The number of halogens is 1. The van der Waals surface area contributed by atoms with Gasteiger partial charge < -0.3 is 5.32 Å². The second-order valence-corrected chi connectivity index (χ2v) is 8.70. The van der Waals surface area contributed by atoms with Crippen LogP contribution in [0.5, 0.6) is 0 Å². The van der Waals surface area contributed by atoms with Crippen LogP contribution in [-0.2, 0) is 10.0 Å². The highest BCUT2D eigenvalue weighted by atomic mass is 35.5. The number of aryl methyl sites for hydroxylation is 1. The SMILES string of the molecule is Cc1cc(Cl)ccc1S(=O)(=O)N1CCC(C2CCCN2)CC1. The van der Waals surface area contributed by atoms with E-state index in [0.29, 0.717) is 40.5 Å². The van der Waals surface area contributed by atoms with Gasteiger partial charge in [0.1, 0.15) is 0 Å². The summed E-state index contributed by atoms with van der Waals surface area (Å²) < 4.78 is 27.3. The van der Waals surface area contributed by atoms with Crippen molar-refractivity contribution in [2.24, 2.45) is 5.92 Å². The van der Waals surface area contributed by atoms with Gasteiger partial charge in [-0.25, -0.2) is 8.42 Å². The van der Waals surface area contributed by atoms with E-state index >= 15 is 0 Å². The third kappa shape index (κ3) is 3.18. The van der Waals surface area contributed by atoms with Gasteiger partial charge in [0, 0.05) is 24.2 Å². The van der Waals surface area contributed by atoms with Crippen molar-refractivity contribution in [3.05, 3.63) is 28.8 Å². The zero-order valence-electron chi connectivity index (χ0n) is 12.9. The van der Waals surface area contributed by atoms with E-state index in [1.165, 1.54) is 12.8 Å². The van der Waals surface area contributed by atoms with Crippen molar-refractivity contribution < 1.29 is 8.42 Å². The number of hydrogen-bond donors (Lipinski definition) is 1. The molecule has 1 unspecified atom stereocenters. The van der Waals surface area contributed by atoms with Gasteiger partial charge in [0.05, 0.1) is 4.90 Å². The van der Waals surface area contributed by atoms with E-state index in [1.54, 1.807) is 29.4 Å². The Morgan fingerprint density at radius 3 is 2.55 bits per heavy atom. The summed E-state index contributed by atoms with van der Waals surface area (Å²) in [6, 6.07) is 5.57. The molecule has 2 aliphatic heterocycles. The summed E-state index contributed by atoms with van der Waals surface area (Å²) in [5.41, 5.74) is 0.715. The number of nitrogens with zero attached hydrogens (tertiary/aromatic N) is 1. The van der Waals surface area contributed by atoms with Gasteiger partial charge in [-0.2, -0.15) is 4.31 Å². The van der Waals surface area contributed by atoms with Crippen molar-refractivity contribution in [1.29, 1.82) is 0 Å². The Morgan fingerprint density at radius 2 is 1.95 bits per heavy atom. The van der Waals surface area contributed by atoms with E-state index in [9.17, 15) is 8.42 Å². The minimum absolute atomic E-state index is 0.384.